The van der Waals surface area contributed by atoms with Gasteiger partial charge in [-0.2, -0.15) is 17.7 Å². The molecule has 2 aromatic rings. The Kier molecular flexibility index (Phi) is 4.27. The Morgan fingerprint density at radius 3 is 2.58 bits per heavy atom. The van der Waals surface area contributed by atoms with Crippen molar-refractivity contribution >= 4 is 12.6 Å². The molecule has 0 unspecified atom stereocenters. The van der Waals surface area contributed by atoms with E-state index in [1.54, 1.807) is 13.1 Å². The first-order valence-corrected chi connectivity index (χ1v) is 6.70. The lowest BCUT2D eigenvalue weighted by molar-refractivity contribution is 0.340. The van der Waals surface area contributed by atoms with Crippen LogP contribution >= 0.6 is 12.6 Å². The van der Waals surface area contributed by atoms with Gasteiger partial charge in [-0.15, -0.1) is 0 Å². The Morgan fingerprint density at radius 1 is 1.32 bits per heavy atom. The second-order valence-electron chi connectivity index (χ2n) is 4.10. The zero-order chi connectivity index (χ0) is 13.8. The molecule has 0 aliphatic rings. The summed E-state index contributed by atoms with van der Waals surface area (Å²) in [7, 11) is 1.65. The van der Waals surface area contributed by atoms with E-state index in [1.807, 2.05) is 31.2 Å². The Labute approximate surface area is 117 Å². The molecular formula is C14H16N2O2S. The lowest BCUT2D eigenvalue weighted by Crippen LogP contribution is -2.23. The summed E-state index contributed by atoms with van der Waals surface area (Å²) in [4.78, 5) is 11.8. The van der Waals surface area contributed by atoms with Crippen LogP contribution in [0.25, 0.3) is 11.3 Å². The monoisotopic (exact) mass is 276 g/mol. The molecule has 4 nitrogen and oxygen atoms in total. The van der Waals surface area contributed by atoms with Gasteiger partial charge in [-0.05, 0) is 37.3 Å². The van der Waals surface area contributed by atoms with Crippen molar-refractivity contribution in [1.29, 1.82) is 0 Å². The number of aryl methyl sites for hydroxylation is 1. The van der Waals surface area contributed by atoms with Crippen molar-refractivity contribution in [3.8, 4) is 17.0 Å². The maximum absolute atomic E-state index is 11.8. The molecule has 0 atom stereocenters. The van der Waals surface area contributed by atoms with E-state index in [9.17, 15) is 4.79 Å². The van der Waals surface area contributed by atoms with E-state index >= 15 is 0 Å². The van der Waals surface area contributed by atoms with Gasteiger partial charge < -0.3 is 4.74 Å². The van der Waals surface area contributed by atoms with Crippen LogP contribution in [0.4, 0.5) is 0 Å². The molecule has 0 aliphatic carbocycles. The Hall–Kier alpha value is -1.75. The van der Waals surface area contributed by atoms with Crippen molar-refractivity contribution in [2.75, 3.05) is 6.61 Å². The van der Waals surface area contributed by atoms with Crippen LogP contribution in [0.1, 0.15) is 12.5 Å². The molecule has 0 spiro atoms. The molecule has 0 radical (unpaired) electrons. The van der Waals surface area contributed by atoms with Crippen LogP contribution in [0.3, 0.4) is 0 Å². The van der Waals surface area contributed by atoms with E-state index < -0.39 is 0 Å². The first kappa shape index (κ1) is 13.7. The number of thiol groups is 1. The third kappa shape index (κ3) is 2.98. The molecule has 1 aromatic carbocycles. The standard InChI is InChI=1S/C14H16N2O2S/c1-3-18-12-6-4-10(5-7-12)13-8-11(9-19)14(17)16(2)15-13/h4-8,19H,3,9H2,1-2H3. The number of ether oxygens (including phenoxy) is 1. The molecule has 1 aromatic heterocycles. The largest absolute Gasteiger partial charge is 0.494 e. The van der Waals surface area contributed by atoms with Crippen LogP contribution in [0.15, 0.2) is 35.1 Å². The van der Waals surface area contributed by atoms with Crippen molar-refractivity contribution in [3.63, 3.8) is 0 Å². The summed E-state index contributed by atoms with van der Waals surface area (Å²) < 4.78 is 6.74. The van der Waals surface area contributed by atoms with Crippen molar-refractivity contribution in [3.05, 3.63) is 46.2 Å². The molecule has 0 aliphatic heterocycles. The fourth-order valence-electron chi connectivity index (χ4n) is 1.81. The van der Waals surface area contributed by atoms with Crippen molar-refractivity contribution in [2.45, 2.75) is 12.7 Å². The quantitative estimate of drug-likeness (QED) is 0.871. The molecule has 0 fully saturated rings. The van der Waals surface area contributed by atoms with Crippen molar-refractivity contribution < 1.29 is 4.74 Å². The molecule has 0 amide bonds. The Bertz CT molecular complexity index is 620. The smallest absolute Gasteiger partial charge is 0.270 e. The number of rotatable bonds is 4. The van der Waals surface area contributed by atoms with E-state index in [-0.39, 0.29) is 5.56 Å². The van der Waals surface area contributed by atoms with E-state index in [1.165, 1.54) is 4.68 Å². The van der Waals surface area contributed by atoms with Gasteiger partial charge in [0.25, 0.3) is 5.56 Å². The predicted octanol–water partition coefficient (Wildman–Crippen LogP) is 2.28. The summed E-state index contributed by atoms with van der Waals surface area (Å²) in [6, 6.07) is 9.43. The van der Waals surface area contributed by atoms with E-state index in [4.69, 9.17) is 4.74 Å². The van der Waals surface area contributed by atoms with Crippen LogP contribution in [0, 0.1) is 0 Å². The van der Waals surface area contributed by atoms with Crippen molar-refractivity contribution in [1.82, 2.24) is 9.78 Å². The second-order valence-corrected chi connectivity index (χ2v) is 4.42. The third-order valence-corrected chi connectivity index (χ3v) is 3.11. The van der Waals surface area contributed by atoms with Crippen LogP contribution in [-0.4, -0.2) is 16.4 Å². The van der Waals surface area contributed by atoms with E-state index in [0.717, 1.165) is 17.0 Å². The van der Waals surface area contributed by atoms with E-state index in [0.29, 0.717) is 17.9 Å². The van der Waals surface area contributed by atoms with E-state index in [2.05, 4.69) is 17.7 Å². The molecule has 100 valence electrons. The summed E-state index contributed by atoms with van der Waals surface area (Å²) >= 11 is 4.17. The average molecular weight is 276 g/mol. The van der Waals surface area contributed by atoms with Gasteiger partial charge in [0.15, 0.2) is 0 Å². The highest BCUT2D eigenvalue weighted by Gasteiger charge is 2.07. The van der Waals surface area contributed by atoms with Crippen LogP contribution < -0.4 is 10.3 Å². The molecule has 5 heteroatoms. The fourth-order valence-corrected chi connectivity index (χ4v) is 2.04. The number of nitrogens with zero attached hydrogens (tertiary/aromatic N) is 2. The van der Waals surface area contributed by atoms with Crippen LogP contribution in [0.2, 0.25) is 0 Å². The van der Waals surface area contributed by atoms with Gasteiger partial charge >= 0.3 is 0 Å². The Balaban J connectivity index is 2.41. The van der Waals surface area contributed by atoms with Gasteiger partial charge in [0, 0.05) is 23.9 Å². The molecule has 19 heavy (non-hydrogen) atoms. The molecule has 0 saturated carbocycles. The summed E-state index contributed by atoms with van der Waals surface area (Å²) in [6.07, 6.45) is 0. The van der Waals surface area contributed by atoms with Gasteiger partial charge in [-0.3, -0.25) is 4.79 Å². The zero-order valence-electron chi connectivity index (χ0n) is 11.0. The number of hydrogen-bond acceptors (Lipinski definition) is 4. The minimum absolute atomic E-state index is 0.107. The fraction of sp³-hybridized carbons (Fsp3) is 0.286. The van der Waals surface area contributed by atoms with Gasteiger partial charge in [-0.1, -0.05) is 0 Å². The lowest BCUT2D eigenvalue weighted by atomic mass is 10.1. The zero-order valence-corrected chi connectivity index (χ0v) is 11.9. The maximum atomic E-state index is 11.8. The first-order chi connectivity index (χ1) is 9.15. The molecule has 0 bridgehead atoms. The van der Waals surface area contributed by atoms with Crippen molar-refractivity contribution in [2.24, 2.45) is 7.05 Å². The molecular weight excluding hydrogens is 260 g/mol. The van der Waals surface area contributed by atoms with Gasteiger partial charge in [0.1, 0.15) is 5.75 Å². The highest BCUT2D eigenvalue weighted by atomic mass is 32.1. The third-order valence-electron chi connectivity index (χ3n) is 2.77. The predicted molar refractivity (Wildman–Crippen MR) is 78.8 cm³/mol. The number of aromatic nitrogens is 2. The molecule has 0 saturated heterocycles. The summed E-state index contributed by atoms with van der Waals surface area (Å²) in [6.45, 7) is 2.59. The second kappa shape index (κ2) is 5.93. The normalized spacial score (nSPS) is 10.5. The number of benzene rings is 1. The average Bonchev–Trinajstić information content (AvgIpc) is 2.43. The lowest BCUT2D eigenvalue weighted by Gasteiger charge is -2.07. The number of hydrogen-bond donors (Lipinski definition) is 1. The molecule has 0 N–H and O–H groups in total. The highest BCUT2D eigenvalue weighted by Crippen LogP contribution is 2.20. The Morgan fingerprint density at radius 2 is 2.00 bits per heavy atom. The van der Waals surface area contributed by atoms with Crippen LogP contribution in [-0.2, 0) is 12.8 Å². The summed E-state index contributed by atoms with van der Waals surface area (Å²) in [5.74, 6) is 1.23. The van der Waals surface area contributed by atoms with Gasteiger partial charge in [-0.25, -0.2) is 4.68 Å². The topological polar surface area (TPSA) is 44.1 Å². The highest BCUT2D eigenvalue weighted by molar-refractivity contribution is 7.79. The summed E-state index contributed by atoms with van der Waals surface area (Å²) in [5, 5.41) is 4.26. The molecule has 1 heterocycles. The van der Waals surface area contributed by atoms with Crippen LogP contribution in [0.5, 0.6) is 5.75 Å². The van der Waals surface area contributed by atoms with Gasteiger partial charge in [0.05, 0.1) is 12.3 Å². The molecule has 2 rings (SSSR count). The van der Waals surface area contributed by atoms with Gasteiger partial charge in [0.2, 0.25) is 0 Å². The minimum atomic E-state index is -0.107. The summed E-state index contributed by atoms with van der Waals surface area (Å²) in [5.41, 5.74) is 2.24. The minimum Gasteiger partial charge on any atom is -0.494 e. The maximum Gasteiger partial charge on any atom is 0.270 e. The first-order valence-electron chi connectivity index (χ1n) is 6.07. The SMILES string of the molecule is CCOc1ccc(-c2cc(CS)c(=O)n(C)n2)cc1.